The van der Waals surface area contributed by atoms with E-state index in [1.807, 2.05) is 42.5 Å². The molecule has 2 aromatic carbocycles. The Morgan fingerprint density at radius 2 is 1.33 bits per heavy atom. The molecule has 0 aliphatic rings. The Hall–Kier alpha value is -1.04. The van der Waals surface area contributed by atoms with Gasteiger partial charge < -0.3 is 4.57 Å². The molecule has 0 spiro atoms. The molecule has 3 heteroatoms. The Morgan fingerprint density at radius 3 is 1.93 bits per heavy atom. The fourth-order valence-electron chi connectivity index (χ4n) is 1.36. The topological polar surface area (TPSA) is 17.1 Å². The first-order chi connectivity index (χ1) is 7.27. The van der Waals surface area contributed by atoms with Crippen LogP contribution in [-0.2, 0) is 4.57 Å². The molecule has 2 aromatic rings. The van der Waals surface area contributed by atoms with E-state index in [1.165, 1.54) is 0 Å². The van der Waals surface area contributed by atoms with Crippen LogP contribution in [0.4, 0.5) is 0 Å². The van der Waals surface area contributed by atoms with Crippen molar-refractivity contribution in [2.75, 3.05) is 0 Å². The van der Waals surface area contributed by atoms with Gasteiger partial charge in [0.25, 0.3) is 0 Å². The molecule has 0 heterocycles. The van der Waals surface area contributed by atoms with Gasteiger partial charge in [0.2, 0.25) is 0 Å². The summed E-state index contributed by atoms with van der Waals surface area (Å²) in [6.07, 6.45) is 0. The molecule has 0 saturated heterocycles. The Labute approximate surface area is 94.5 Å². The lowest BCUT2D eigenvalue weighted by Crippen LogP contribution is -2.05. The van der Waals surface area contributed by atoms with Crippen LogP contribution < -0.4 is 10.6 Å². The highest BCUT2D eigenvalue weighted by Crippen LogP contribution is 2.20. The molecule has 0 aliphatic heterocycles. The first kappa shape index (κ1) is 10.5. The molecule has 0 aromatic heterocycles. The van der Waals surface area contributed by atoms with Gasteiger partial charge in [0.1, 0.15) is 7.80 Å². The van der Waals surface area contributed by atoms with Crippen LogP contribution in [0.15, 0.2) is 54.6 Å². The highest BCUT2D eigenvalue weighted by Gasteiger charge is 2.05. The van der Waals surface area contributed by atoms with Gasteiger partial charge >= 0.3 is 0 Å². The fraction of sp³-hybridized carbons (Fsp3) is 0. The van der Waals surface area contributed by atoms with Gasteiger partial charge in [0, 0.05) is 15.6 Å². The van der Waals surface area contributed by atoms with Crippen molar-refractivity contribution < 1.29 is 4.57 Å². The van der Waals surface area contributed by atoms with Crippen LogP contribution in [0.2, 0.25) is 5.02 Å². The summed E-state index contributed by atoms with van der Waals surface area (Å²) in [4.78, 5) is 0. The second-order valence-corrected chi connectivity index (χ2v) is 5.45. The number of hydrogen-bond acceptors (Lipinski definition) is 1. The normalized spacial score (nSPS) is 12.3. The van der Waals surface area contributed by atoms with E-state index in [4.69, 9.17) is 11.6 Å². The smallest absolute Gasteiger partial charge is 0.131 e. The molecule has 0 N–H and O–H groups in total. The number of hydrogen-bond donors (Lipinski definition) is 0. The van der Waals surface area contributed by atoms with Crippen molar-refractivity contribution in [2.24, 2.45) is 0 Å². The Morgan fingerprint density at radius 1 is 0.800 bits per heavy atom. The molecule has 0 bridgehead atoms. The van der Waals surface area contributed by atoms with E-state index in [0.717, 1.165) is 10.6 Å². The minimum absolute atomic E-state index is 0.668. The Kier molecular flexibility index (Phi) is 3.25. The SMILES string of the molecule is O=[PH](c1ccccc1)c1ccc(Cl)cc1. The molecule has 1 unspecified atom stereocenters. The molecule has 1 atom stereocenters. The van der Waals surface area contributed by atoms with Gasteiger partial charge in [-0.25, -0.2) is 0 Å². The lowest BCUT2D eigenvalue weighted by Gasteiger charge is -2.02. The Balaban J connectivity index is 2.33. The maximum absolute atomic E-state index is 12.1. The average Bonchev–Trinajstić information content (AvgIpc) is 2.30. The first-order valence-corrected chi connectivity index (χ1v) is 6.41. The summed E-state index contributed by atoms with van der Waals surface area (Å²) in [5.41, 5.74) is 0. The van der Waals surface area contributed by atoms with Gasteiger partial charge in [0.05, 0.1) is 0 Å². The third-order valence-electron chi connectivity index (χ3n) is 2.14. The first-order valence-electron chi connectivity index (χ1n) is 4.63. The molecule has 1 nitrogen and oxygen atoms in total. The lowest BCUT2D eigenvalue weighted by atomic mass is 10.4. The summed E-state index contributed by atoms with van der Waals surface area (Å²) < 4.78 is 12.1. The van der Waals surface area contributed by atoms with Crippen molar-refractivity contribution in [1.82, 2.24) is 0 Å². The van der Waals surface area contributed by atoms with Crippen LogP contribution in [-0.4, -0.2) is 0 Å². The predicted molar refractivity (Wildman–Crippen MR) is 66.2 cm³/mol. The van der Waals surface area contributed by atoms with Crippen molar-refractivity contribution in [1.29, 1.82) is 0 Å². The van der Waals surface area contributed by atoms with Crippen LogP contribution in [0.25, 0.3) is 0 Å². The zero-order valence-electron chi connectivity index (χ0n) is 7.98. The molecule has 0 fully saturated rings. The predicted octanol–water partition coefficient (Wildman–Crippen LogP) is 2.85. The number of rotatable bonds is 2. The van der Waals surface area contributed by atoms with Gasteiger partial charge in [-0.1, -0.05) is 41.9 Å². The van der Waals surface area contributed by atoms with E-state index in [1.54, 1.807) is 12.1 Å². The summed E-state index contributed by atoms with van der Waals surface area (Å²) >= 11 is 5.77. The summed E-state index contributed by atoms with van der Waals surface area (Å²) in [5.74, 6) is 0. The summed E-state index contributed by atoms with van der Waals surface area (Å²) in [6.45, 7) is 0. The molecule has 15 heavy (non-hydrogen) atoms. The Bertz CT molecular complexity index is 465. The van der Waals surface area contributed by atoms with E-state index < -0.39 is 7.80 Å². The standard InChI is InChI=1S/C12H10ClOP/c13-10-6-8-12(9-7-10)15(14)11-4-2-1-3-5-11/h1-9,15H. The fourth-order valence-corrected chi connectivity index (χ4v) is 2.78. The van der Waals surface area contributed by atoms with Crippen LogP contribution in [0, 0.1) is 0 Å². The molecular formula is C12H10ClOP. The van der Waals surface area contributed by atoms with E-state index in [9.17, 15) is 4.57 Å². The van der Waals surface area contributed by atoms with Gasteiger partial charge in [-0.05, 0) is 24.3 Å². The van der Waals surface area contributed by atoms with Gasteiger partial charge in [-0.15, -0.1) is 0 Å². The molecule has 0 amide bonds. The third kappa shape index (κ3) is 2.50. The van der Waals surface area contributed by atoms with Crippen molar-refractivity contribution in [3.63, 3.8) is 0 Å². The van der Waals surface area contributed by atoms with Crippen LogP contribution in [0.3, 0.4) is 0 Å². The summed E-state index contributed by atoms with van der Waals surface area (Å²) in [5, 5.41) is 2.39. The maximum Gasteiger partial charge on any atom is 0.131 e. The largest absolute Gasteiger partial charge is 0.317 e. The van der Waals surface area contributed by atoms with Crippen molar-refractivity contribution in [3.05, 3.63) is 59.6 Å². The molecule has 76 valence electrons. The van der Waals surface area contributed by atoms with Crippen LogP contribution >= 0.6 is 19.4 Å². The summed E-state index contributed by atoms with van der Waals surface area (Å²) in [7, 11) is -1.87. The highest BCUT2D eigenvalue weighted by atomic mass is 35.5. The monoisotopic (exact) mass is 236 g/mol. The molecular weight excluding hydrogens is 227 g/mol. The average molecular weight is 237 g/mol. The summed E-state index contributed by atoms with van der Waals surface area (Å²) in [6, 6.07) is 16.6. The second kappa shape index (κ2) is 4.65. The minimum Gasteiger partial charge on any atom is -0.317 e. The van der Waals surface area contributed by atoms with Crippen molar-refractivity contribution in [2.45, 2.75) is 0 Å². The highest BCUT2D eigenvalue weighted by molar-refractivity contribution is 7.61. The number of benzene rings is 2. The third-order valence-corrected chi connectivity index (χ3v) is 4.11. The van der Waals surface area contributed by atoms with E-state index in [2.05, 4.69) is 0 Å². The van der Waals surface area contributed by atoms with Gasteiger partial charge in [0.15, 0.2) is 0 Å². The van der Waals surface area contributed by atoms with Crippen molar-refractivity contribution in [3.8, 4) is 0 Å². The number of halogens is 1. The van der Waals surface area contributed by atoms with Crippen LogP contribution in [0.5, 0.6) is 0 Å². The van der Waals surface area contributed by atoms with E-state index in [0.29, 0.717) is 5.02 Å². The zero-order valence-corrected chi connectivity index (χ0v) is 9.74. The van der Waals surface area contributed by atoms with E-state index in [-0.39, 0.29) is 0 Å². The second-order valence-electron chi connectivity index (χ2n) is 3.20. The van der Waals surface area contributed by atoms with Gasteiger partial charge in [-0.3, -0.25) is 0 Å². The van der Waals surface area contributed by atoms with Crippen molar-refractivity contribution >= 4 is 30.0 Å². The lowest BCUT2D eigenvalue weighted by molar-refractivity contribution is 0.598. The van der Waals surface area contributed by atoms with E-state index >= 15 is 0 Å². The van der Waals surface area contributed by atoms with Gasteiger partial charge in [-0.2, -0.15) is 0 Å². The quantitative estimate of drug-likeness (QED) is 0.733. The molecule has 0 saturated carbocycles. The minimum atomic E-state index is -1.87. The maximum atomic E-state index is 12.1. The molecule has 0 aliphatic carbocycles. The molecule has 2 rings (SSSR count). The van der Waals surface area contributed by atoms with Crippen LogP contribution in [0.1, 0.15) is 0 Å². The zero-order chi connectivity index (χ0) is 10.7. The molecule has 0 radical (unpaired) electrons.